The zero-order valence-electron chi connectivity index (χ0n) is 57.9. The van der Waals surface area contributed by atoms with E-state index in [2.05, 4.69) is 65.2 Å². The molecule has 0 radical (unpaired) electrons. The molecule has 101 heavy (non-hydrogen) atoms. The molecule has 3 saturated carbocycles. The van der Waals surface area contributed by atoms with Crippen LogP contribution >= 0.6 is 11.6 Å². The highest BCUT2D eigenvalue weighted by atomic mass is 35.5. The number of aldehydes is 1. The molecule has 23 nitrogen and oxygen atoms in total. The van der Waals surface area contributed by atoms with Gasteiger partial charge in [-0.1, -0.05) is 62.0 Å². The number of benzene rings is 1. The first-order chi connectivity index (χ1) is 48.2. The average Bonchev–Trinajstić information content (AvgIpc) is 1.81. The Kier molecular flexibility index (Phi) is 36.5. The number of alkyl halides is 3. The van der Waals surface area contributed by atoms with Crippen LogP contribution < -0.4 is 20.9 Å². The number of piperidine rings is 4. The summed E-state index contributed by atoms with van der Waals surface area (Å²) in [6, 6.07) is 33.4. The van der Waals surface area contributed by atoms with Crippen LogP contribution in [-0.2, 0) is 44.6 Å². The van der Waals surface area contributed by atoms with Gasteiger partial charge < -0.3 is 49.7 Å². The number of carbonyl (C=O) groups excluding carboxylic acids is 8. The Morgan fingerprint density at radius 3 is 1.38 bits per heavy atom. The van der Waals surface area contributed by atoms with Gasteiger partial charge in [-0.3, -0.25) is 29.0 Å². The first kappa shape index (κ1) is 82.9. The zero-order valence-corrected chi connectivity index (χ0v) is 58.6. The lowest BCUT2D eigenvalue weighted by molar-refractivity contribution is -0.168. The van der Waals surface area contributed by atoms with Crippen LogP contribution in [0.1, 0.15) is 110 Å². The van der Waals surface area contributed by atoms with Gasteiger partial charge in [-0.15, -0.1) is 0 Å². The Morgan fingerprint density at radius 2 is 0.980 bits per heavy atom. The second-order valence-electron chi connectivity index (χ2n) is 25.7. The predicted octanol–water partition coefficient (Wildman–Crippen LogP) is 12.3. The first-order valence-corrected chi connectivity index (χ1v) is 34.8. The molecule has 4 saturated heterocycles. The van der Waals surface area contributed by atoms with Crippen LogP contribution in [0.2, 0.25) is 0 Å². The number of nitrogens with zero attached hydrogens (tertiary/aromatic N) is 10. The Hall–Kier alpha value is -8.78. The standard InChI is InChI=1S/C23H29N3O.C17H23N3O3.C13H19N3O2.C8H13NO3.C5H6N2.C4H5ClO.C3H3F3O.CH4/c27-23(21-11-12-21)26(22-10-4-5-14-24-22)18-20-9-6-15-25(17-20)16-13-19-7-2-1-3-8-19;1-23-17(22)19-10-4-5-13(11-19)12-20(16(21)14-7-8-14)15-6-2-3-9-18-15;1-18-13(17)16-8-4-5-11(10-16)9-15-12-6-2-3-7-14-12;1-12-8(11)9-4-2-3-7(5-9)6-10;6-5-3-1-2-4-7-5;5-4(6)3-1-2-3;1-2(7)3(4,5)6;/h1-5,7-8,10,14,20-21H,6,9,11-13,15-18H2;2-3,6,9,13-14H,4-5,7-8,10-12H2,1H3;2-3,6-7,11H,4-5,8-10H2,1H3,(H,14,15);6-7H,2-5H2,1H3;1-4H,(H2,6,7);3H,1-2H2;1H3;1H4. The van der Waals surface area contributed by atoms with Crippen molar-refractivity contribution in [1.82, 2.24) is 39.5 Å². The topological polar surface area (TPSA) is 273 Å². The van der Waals surface area contributed by atoms with Crippen LogP contribution in [0.15, 0.2) is 128 Å². The Bertz CT molecular complexity index is 3260. The van der Waals surface area contributed by atoms with Crippen molar-refractivity contribution in [3.05, 3.63) is 133 Å². The van der Waals surface area contributed by atoms with Gasteiger partial charge in [0.2, 0.25) is 22.8 Å². The second kappa shape index (κ2) is 44.5. The number of likely N-dealkylation sites (tertiary alicyclic amines) is 4. The summed E-state index contributed by atoms with van der Waals surface area (Å²) in [5.41, 5.74) is 6.65. The Balaban J connectivity index is 0.000000226. The largest absolute Gasteiger partial charge is 0.453 e. The van der Waals surface area contributed by atoms with E-state index in [-0.39, 0.29) is 72.4 Å². The lowest BCUT2D eigenvalue weighted by Crippen LogP contribution is -2.45. The third-order valence-corrected chi connectivity index (χ3v) is 17.8. The highest BCUT2D eigenvalue weighted by molar-refractivity contribution is 6.64. The third-order valence-electron chi connectivity index (χ3n) is 17.5. The number of amides is 5. The van der Waals surface area contributed by atoms with E-state index in [1.165, 1.54) is 46.3 Å². The van der Waals surface area contributed by atoms with Gasteiger partial charge >= 0.3 is 24.5 Å². The van der Waals surface area contributed by atoms with Crippen molar-refractivity contribution < 1.29 is 65.7 Å². The average molecular weight is 1430 g/mol. The highest BCUT2D eigenvalue weighted by Gasteiger charge is 2.38. The van der Waals surface area contributed by atoms with E-state index in [1.54, 1.807) is 45.6 Å². The number of aromatic nitrogens is 4. The van der Waals surface area contributed by atoms with Gasteiger partial charge in [0.1, 0.15) is 29.6 Å². The van der Waals surface area contributed by atoms with E-state index < -0.39 is 12.0 Å². The van der Waals surface area contributed by atoms with Crippen molar-refractivity contribution in [3.8, 4) is 0 Å². The van der Waals surface area contributed by atoms with Crippen molar-refractivity contribution in [2.75, 3.05) is 121 Å². The molecule has 0 bridgehead atoms. The summed E-state index contributed by atoms with van der Waals surface area (Å²) < 4.78 is 46.6. The van der Waals surface area contributed by atoms with Crippen LogP contribution in [0.25, 0.3) is 0 Å². The van der Waals surface area contributed by atoms with Gasteiger partial charge in [0.15, 0.2) is 0 Å². The number of nitrogens with one attached hydrogen (secondary N) is 1. The van der Waals surface area contributed by atoms with Gasteiger partial charge in [-0.2, -0.15) is 13.2 Å². The van der Waals surface area contributed by atoms with Crippen LogP contribution in [0, 0.1) is 41.4 Å². The highest BCUT2D eigenvalue weighted by Crippen LogP contribution is 2.35. The van der Waals surface area contributed by atoms with E-state index in [4.69, 9.17) is 26.8 Å². The molecular weight excluding hydrogens is 1330 g/mol. The molecule has 4 aromatic heterocycles. The number of nitrogen functional groups attached to an aromatic ring is 1. The molecule has 3 N–H and O–H groups in total. The van der Waals surface area contributed by atoms with Gasteiger partial charge in [0.05, 0.1) is 21.3 Å². The lowest BCUT2D eigenvalue weighted by atomic mass is 9.96. The molecule has 552 valence electrons. The summed E-state index contributed by atoms with van der Waals surface area (Å²) in [4.78, 5) is 118. The molecule has 5 amide bonds. The summed E-state index contributed by atoms with van der Waals surface area (Å²) in [5.74, 6) is 3.50. The number of pyridine rings is 4. The van der Waals surface area contributed by atoms with Crippen LogP contribution in [0.5, 0.6) is 0 Å². The minimum absolute atomic E-state index is 0. The number of hydrogen-bond acceptors (Lipinski definition) is 18. The number of methoxy groups -OCH3 is 3. The van der Waals surface area contributed by atoms with Crippen LogP contribution in [0.4, 0.5) is 50.8 Å². The lowest BCUT2D eigenvalue weighted by Gasteiger charge is -2.35. The summed E-state index contributed by atoms with van der Waals surface area (Å²) in [7, 11) is 4.19. The minimum atomic E-state index is -4.64. The molecule has 12 rings (SSSR count). The molecule has 4 aliphatic heterocycles. The summed E-state index contributed by atoms with van der Waals surface area (Å²) in [6.07, 6.45) is 17.8. The molecule has 7 fully saturated rings. The smallest absolute Gasteiger partial charge is 0.449 e. The number of ether oxygens (including phenoxy) is 3. The van der Waals surface area contributed by atoms with Gasteiger partial charge in [0, 0.05) is 127 Å². The number of rotatable bonds is 16. The molecule has 0 spiro atoms. The molecule has 5 aromatic rings. The predicted molar refractivity (Wildman–Crippen MR) is 383 cm³/mol. The van der Waals surface area contributed by atoms with Crippen LogP contribution in [-0.4, -0.2) is 193 Å². The normalized spacial score (nSPS) is 19.1. The molecule has 4 unspecified atom stereocenters. The molecule has 1 aromatic carbocycles. The quantitative estimate of drug-likeness (QED) is 0.0528. The fourth-order valence-corrected chi connectivity index (χ4v) is 11.7. The van der Waals surface area contributed by atoms with Crippen molar-refractivity contribution in [3.63, 3.8) is 0 Å². The van der Waals surface area contributed by atoms with E-state index in [9.17, 15) is 51.5 Å². The molecule has 4 atom stereocenters. The SMILES string of the molecule is C.CC(=O)C(F)(F)F.COC(=O)N1CCCC(C=O)C1.COC(=O)N1CCCC(CN(C(=O)C2CC2)c2ccccn2)C1.COC(=O)N1CCCC(CNc2ccccn2)C1.Nc1ccccn1.O=C(C1CC1)N(CC1CCCN(CCc2ccccc2)C1)c1ccccn1.O=C(Cl)C1CC1. The molecule has 3 aliphatic carbocycles. The molecule has 27 heteroatoms. The van der Waals surface area contributed by atoms with Crippen molar-refractivity contribution >= 4 is 82.3 Å². The fourth-order valence-electron chi connectivity index (χ4n) is 11.5. The van der Waals surface area contributed by atoms with Crippen molar-refractivity contribution in [1.29, 1.82) is 0 Å². The summed E-state index contributed by atoms with van der Waals surface area (Å²) in [5, 5.41) is 3.14. The van der Waals surface area contributed by atoms with Crippen molar-refractivity contribution in [2.45, 2.75) is 117 Å². The number of nitrogens with two attached hydrogens (primary N) is 1. The van der Waals surface area contributed by atoms with E-state index >= 15 is 0 Å². The Morgan fingerprint density at radius 1 is 0.554 bits per heavy atom. The molecule has 7 aliphatic rings. The van der Waals surface area contributed by atoms with E-state index in [0.717, 1.165) is 147 Å². The maximum absolute atomic E-state index is 12.8. The van der Waals surface area contributed by atoms with Gasteiger partial charge in [-0.25, -0.2) is 34.3 Å². The van der Waals surface area contributed by atoms with Gasteiger partial charge in [0.25, 0.3) is 0 Å². The third kappa shape index (κ3) is 31.3. The Labute approximate surface area is 597 Å². The van der Waals surface area contributed by atoms with Crippen LogP contribution in [0.3, 0.4) is 0 Å². The minimum Gasteiger partial charge on any atom is -0.453 e. The van der Waals surface area contributed by atoms with E-state index in [0.29, 0.717) is 56.6 Å². The number of carbonyl (C=O) groups is 8. The maximum atomic E-state index is 12.8. The molecule has 8 heterocycles. The van der Waals surface area contributed by atoms with Gasteiger partial charge in [-0.05, 0) is 186 Å². The number of halogens is 4. The monoisotopic (exact) mass is 1430 g/mol. The summed E-state index contributed by atoms with van der Waals surface area (Å²) >= 11 is 5.04. The summed E-state index contributed by atoms with van der Waals surface area (Å²) in [6.45, 7) is 10.2. The van der Waals surface area contributed by atoms with E-state index in [1.807, 2.05) is 76.5 Å². The fraction of sp³-hybridized carbons (Fsp3) is 0.541. The number of anilines is 4. The number of Topliss-reactive ketones (excluding diaryl/α,β-unsaturated/α-hetero) is 1. The zero-order chi connectivity index (χ0) is 72.2. The maximum Gasteiger partial charge on any atom is 0.449 e. The molecular formula is C74H102ClF3N12O11. The second-order valence-corrected chi connectivity index (χ2v) is 26.0. The van der Waals surface area contributed by atoms with Crippen molar-refractivity contribution in [2.24, 2.45) is 41.4 Å². The first-order valence-electron chi connectivity index (χ1n) is 34.4. The number of ketones is 1. The number of hydrogen-bond donors (Lipinski definition) is 2.